The van der Waals surface area contributed by atoms with E-state index in [4.69, 9.17) is 9.47 Å². The summed E-state index contributed by atoms with van der Waals surface area (Å²) in [6, 6.07) is 6.97. The number of fused-ring (bicyclic) bond motifs is 3. The normalized spacial score (nSPS) is 27.4. The summed E-state index contributed by atoms with van der Waals surface area (Å²) in [7, 11) is 1.59. The molecule has 3 fully saturated rings. The van der Waals surface area contributed by atoms with Gasteiger partial charge in [-0.05, 0) is 49.6 Å². The third-order valence-electron chi connectivity index (χ3n) is 7.08. The zero-order valence-corrected chi connectivity index (χ0v) is 18.4. The average Bonchev–Trinajstić information content (AvgIpc) is 3.54. The van der Waals surface area contributed by atoms with E-state index < -0.39 is 6.10 Å². The minimum Gasteiger partial charge on any atom is -0.467 e. The van der Waals surface area contributed by atoms with Crippen LogP contribution in [0.2, 0.25) is 0 Å². The van der Waals surface area contributed by atoms with Gasteiger partial charge in [0.1, 0.15) is 5.82 Å². The quantitative estimate of drug-likeness (QED) is 0.636. The molecule has 3 aliphatic rings. The van der Waals surface area contributed by atoms with Crippen LogP contribution in [0, 0.1) is 6.92 Å². The first-order chi connectivity index (χ1) is 15.6. The molecule has 1 aromatic carbocycles. The van der Waals surface area contributed by atoms with Gasteiger partial charge in [0.2, 0.25) is 0 Å². The van der Waals surface area contributed by atoms with Crippen molar-refractivity contribution in [1.82, 2.24) is 25.1 Å². The average molecular weight is 437 g/mol. The van der Waals surface area contributed by atoms with Crippen molar-refractivity contribution in [2.45, 2.75) is 43.9 Å². The van der Waals surface area contributed by atoms with Crippen LogP contribution in [0.5, 0.6) is 6.01 Å². The van der Waals surface area contributed by atoms with Gasteiger partial charge in [-0.15, -0.1) is 0 Å². The highest BCUT2D eigenvalue weighted by Gasteiger charge is 2.40. The first-order valence-corrected chi connectivity index (χ1v) is 11.3. The number of nitrogens with one attached hydrogen (secondary N) is 1. The summed E-state index contributed by atoms with van der Waals surface area (Å²) in [5.74, 6) is 1.62. The molecule has 9 heteroatoms. The molecule has 5 heterocycles. The fourth-order valence-electron chi connectivity index (χ4n) is 5.42. The molecule has 0 radical (unpaired) electrons. The molecule has 3 aliphatic heterocycles. The van der Waals surface area contributed by atoms with Gasteiger partial charge in [0.25, 0.3) is 0 Å². The van der Waals surface area contributed by atoms with Crippen LogP contribution < -0.4 is 15.0 Å². The number of hydrogen-bond acceptors (Lipinski definition) is 8. The number of piperidine rings is 1. The van der Waals surface area contributed by atoms with Gasteiger partial charge in [0.15, 0.2) is 5.82 Å². The SMILES string of the molecule is COc1nc(N2CC3CC2CO3)cc(-n2ncc3cc(C)c([C@H]4CCNC[C@@H]4O)cc32)n1. The van der Waals surface area contributed by atoms with E-state index in [1.165, 1.54) is 11.1 Å². The minimum absolute atomic E-state index is 0.111. The number of ether oxygens (including phenoxy) is 2. The van der Waals surface area contributed by atoms with Crippen LogP contribution in [0.15, 0.2) is 24.4 Å². The number of aryl methyl sites for hydroxylation is 1. The Morgan fingerprint density at radius 1 is 1.22 bits per heavy atom. The summed E-state index contributed by atoms with van der Waals surface area (Å²) < 4.78 is 13.0. The first kappa shape index (κ1) is 19.9. The second kappa shape index (κ2) is 7.68. The molecule has 32 heavy (non-hydrogen) atoms. The molecule has 0 spiro atoms. The first-order valence-electron chi connectivity index (χ1n) is 11.3. The lowest BCUT2D eigenvalue weighted by Gasteiger charge is -2.30. The summed E-state index contributed by atoms with van der Waals surface area (Å²) in [4.78, 5) is 11.5. The van der Waals surface area contributed by atoms with E-state index in [1.54, 1.807) is 7.11 Å². The number of aromatic nitrogens is 4. The number of anilines is 1. The van der Waals surface area contributed by atoms with Crippen LogP contribution in [0.25, 0.3) is 16.7 Å². The molecule has 0 amide bonds. The fourth-order valence-corrected chi connectivity index (χ4v) is 5.42. The molecular formula is C23H28N6O3. The van der Waals surface area contributed by atoms with E-state index in [1.807, 2.05) is 16.9 Å². The van der Waals surface area contributed by atoms with Gasteiger partial charge in [-0.1, -0.05) is 0 Å². The smallest absolute Gasteiger partial charge is 0.320 e. The molecular weight excluding hydrogens is 408 g/mol. The van der Waals surface area contributed by atoms with Gasteiger partial charge in [-0.25, -0.2) is 4.68 Å². The molecule has 2 aromatic heterocycles. The molecule has 4 atom stereocenters. The molecule has 2 N–H and O–H groups in total. The maximum atomic E-state index is 10.6. The van der Waals surface area contributed by atoms with Gasteiger partial charge < -0.3 is 24.8 Å². The van der Waals surface area contributed by atoms with E-state index >= 15 is 0 Å². The lowest BCUT2D eigenvalue weighted by Crippen LogP contribution is -2.39. The van der Waals surface area contributed by atoms with E-state index in [0.29, 0.717) is 24.4 Å². The Morgan fingerprint density at radius 3 is 2.84 bits per heavy atom. The second-order valence-electron chi connectivity index (χ2n) is 9.06. The molecule has 2 bridgehead atoms. The minimum atomic E-state index is -0.394. The highest BCUT2D eigenvalue weighted by molar-refractivity contribution is 5.82. The van der Waals surface area contributed by atoms with Gasteiger partial charge in [0.05, 0.1) is 43.7 Å². The predicted octanol–water partition coefficient (Wildman–Crippen LogP) is 1.55. The second-order valence-corrected chi connectivity index (χ2v) is 9.06. The van der Waals surface area contributed by atoms with Crippen molar-refractivity contribution in [3.8, 4) is 11.8 Å². The third kappa shape index (κ3) is 3.23. The number of morpholine rings is 1. The number of benzene rings is 1. The number of aliphatic hydroxyl groups is 1. The van der Waals surface area contributed by atoms with Crippen molar-refractivity contribution in [1.29, 1.82) is 0 Å². The van der Waals surface area contributed by atoms with Crippen molar-refractivity contribution in [2.75, 3.05) is 38.3 Å². The van der Waals surface area contributed by atoms with Crippen LogP contribution in [-0.2, 0) is 4.74 Å². The molecule has 2 unspecified atom stereocenters. The van der Waals surface area contributed by atoms with Crippen LogP contribution >= 0.6 is 0 Å². The molecule has 0 saturated carbocycles. The number of nitrogens with zero attached hydrogens (tertiary/aromatic N) is 5. The number of aliphatic hydroxyl groups excluding tert-OH is 1. The molecule has 9 nitrogen and oxygen atoms in total. The standard InChI is InChI=1S/C23H28N6O3/c1-13-5-14-9-25-29(19(14)7-18(13)17-3-4-24-10-20(17)30)22-8-21(26-23(27-22)31-2)28-11-16-6-15(28)12-32-16/h5,7-9,15-17,20,24,30H,3-4,6,10-12H2,1-2H3/t15?,16?,17-,20+/m1/s1. The largest absolute Gasteiger partial charge is 0.467 e. The van der Waals surface area contributed by atoms with Crippen LogP contribution in [0.3, 0.4) is 0 Å². The van der Waals surface area contributed by atoms with Gasteiger partial charge in [-0.3, -0.25) is 0 Å². The monoisotopic (exact) mass is 436 g/mol. The Labute approximate surface area is 186 Å². The number of rotatable bonds is 4. The molecule has 0 aliphatic carbocycles. The predicted molar refractivity (Wildman–Crippen MR) is 120 cm³/mol. The van der Waals surface area contributed by atoms with Crippen molar-refractivity contribution >= 4 is 16.7 Å². The van der Waals surface area contributed by atoms with Gasteiger partial charge in [0, 0.05) is 30.5 Å². The molecule has 3 aromatic rings. The van der Waals surface area contributed by atoms with E-state index in [2.05, 4.69) is 44.3 Å². The van der Waals surface area contributed by atoms with Crippen LogP contribution in [0.1, 0.15) is 29.9 Å². The van der Waals surface area contributed by atoms with Crippen LogP contribution in [-0.4, -0.2) is 76.5 Å². The molecule has 168 valence electrons. The zero-order chi connectivity index (χ0) is 21.8. The van der Waals surface area contributed by atoms with Crippen molar-refractivity contribution in [3.63, 3.8) is 0 Å². The molecule has 3 saturated heterocycles. The Balaban J connectivity index is 1.44. The number of β-amino-alcohol motifs (C(OH)–C–C–N with tert-alkyl or cyclic N) is 1. The molecule has 6 rings (SSSR count). The van der Waals surface area contributed by atoms with Crippen LogP contribution in [0.4, 0.5) is 5.82 Å². The summed E-state index contributed by atoms with van der Waals surface area (Å²) >= 11 is 0. The summed E-state index contributed by atoms with van der Waals surface area (Å²) in [6.45, 7) is 5.21. The van der Waals surface area contributed by atoms with Crippen molar-refractivity contribution in [2.24, 2.45) is 0 Å². The summed E-state index contributed by atoms with van der Waals surface area (Å²) in [5, 5.41) is 19.6. The lowest BCUT2D eigenvalue weighted by atomic mass is 9.85. The van der Waals surface area contributed by atoms with Crippen molar-refractivity contribution < 1.29 is 14.6 Å². The number of methoxy groups -OCH3 is 1. The zero-order valence-electron chi connectivity index (χ0n) is 18.4. The summed E-state index contributed by atoms with van der Waals surface area (Å²) in [6.07, 6.45) is 3.69. The Morgan fingerprint density at radius 2 is 2.09 bits per heavy atom. The topological polar surface area (TPSA) is 97.6 Å². The third-order valence-corrected chi connectivity index (χ3v) is 7.08. The highest BCUT2D eigenvalue weighted by atomic mass is 16.5. The Bertz CT molecular complexity index is 1160. The van der Waals surface area contributed by atoms with E-state index in [9.17, 15) is 5.11 Å². The maximum absolute atomic E-state index is 10.6. The lowest BCUT2D eigenvalue weighted by molar-refractivity contribution is 0.0988. The van der Waals surface area contributed by atoms with Crippen molar-refractivity contribution in [3.05, 3.63) is 35.5 Å². The Kier molecular flexibility index (Phi) is 4.78. The fraction of sp³-hybridized carbons (Fsp3) is 0.522. The van der Waals surface area contributed by atoms with Gasteiger partial charge in [-0.2, -0.15) is 15.1 Å². The highest BCUT2D eigenvalue weighted by Crippen LogP contribution is 2.35. The van der Waals surface area contributed by atoms with Gasteiger partial charge >= 0.3 is 6.01 Å². The Hall–Kier alpha value is -2.75. The van der Waals surface area contributed by atoms with E-state index in [-0.39, 0.29) is 12.0 Å². The number of hydrogen-bond donors (Lipinski definition) is 2. The maximum Gasteiger partial charge on any atom is 0.320 e. The summed E-state index contributed by atoms with van der Waals surface area (Å²) in [5.41, 5.74) is 3.31. The van der Waals surface area contributed by atoms with E-state index in [0.717, 1.165) is 49.3 Å².